The highest BCUT2D eigenvalue weighted by Gasteiger charge is 2.35. The maximum Gasteiger partial charge on any atom is 0.131 e. The molecule has 1 fully saturated rings. The summed E-state index contributed by atoms with van der Waals surface area (Å²) in [4.78, 5) is 0. The van der Waals surface area contributed by atoms with E-state index in [1.54, 1.807) is 0 Å². The van der Waals surface area contributed by atoms with E-state index in [1.165, 1.54) is 0 Å². The van der Waals surface area contributed by atoms with Gasteiger partial charge in [0.2, 0.25) is 0 Å². The molecule has 0 saturated carbocycles. The lowest BCUT2D eigenvalue weighted by atomic mass is 9.96. The summed E-state index contributed by atoms with van der Waals surface area (Å²) in [6, 6.07) is 0.209. The summed E-state index contributed by atoms with van der Waals surface area (Å²) in [6.07, 6.45) is 1.73. The molecule has 2 unspecified atom stereocenters. The van der Waals surface area contributed by atoms with Gasteiger partial charge in [-0.3, -0.25) is 5.32 Å². The molecular weight excluding hydrogens is 140 g/mol. The van der Waals surface area contributed by atoms with E-state index >= 15 is 0 Å². The van der Waals surface area contributed by atoms with Crippen molar-refractivity contribution in [3.63, 3.8) is 0 Å². The first-order chi connectivity index (χ1) is 5.23. The fourth-order valence-electron chi connectivity index (χ4n) is 1.67. The van der Waals surface area contributed by atoms with Gasteiger partial charge in [-0.15, -0.1) is 0 Å². The number of nitrogens with one attached hydrogen (secondary N) is 2. The summed E-state index contributed by atoms with van der Waals surface area (Å²) < 4.78 is 0. The topological polar surface area (TPSA) is 44.3 Å². The van der Waals surface area contributed by atoms with Gasteiger partial charge >= 0.3 is 0 Å². The smallest absolute Gasteiger partial charge is 0.131 e. The van der Waals surface area contributed by atoms with Gasteiger partial charge < -0.3 is 10.4 Å². The Hall–Kier alpha value is -0.120. The van der Waals surface area contributed by atoms with E-state index in [9.17, 15) is 5.11 Å². The molecule has 0 radical (unpaired) electrons. The number of rotatable bonds is 2. The molecule has 0 amide bonds. The van der Waals surface area contributed by atoms with Gasteiger partial charge in [-0.05, 0) is 12.8 Å². The molecular formula is C8H18N2O. The zero-order valence-electron chi connectivity index (χ0n) is 7.35. The summed E-state index contributed by atoms with van der Waals surface area (Å²) in [5.74, 6) is 0. The predicted octanol–water partition coefficient (Wildman–Crippen LogP) is 0.0564. The van der Waals surface area contributed by atoms with Gasteiger partial charge in [-0.1, -0.05) is 13.8 Å². The van der Waals surface area contributed by atoms with Crippen molar-refractivity contribution in [1.82, 2.24) is 10.6 Å². The molecule has 0 aromatic heterocycles. The third-order valence-electron chi connectivity index (χ3n) is 2.47. The molecule has 0 spiro atoms. The molecule has 1 aliphatic heterocycles. The Bertz CT molecular complexity index is 129. The van der Waals surface area contributed by atoms with Gasteiger partial charge in [0.25, 0.3) is 0 Å². The van der Waals surface area contributed by atoms with Crippen molar-refractivity contribution in [2.75, 3.05) is 13.1 Å². The second-order valence-corrected chi connectivity index (χ2v) is 3.12. The minimum atomic E-state index is -0.674. The van der Waals surface area contributed by atoms with Crippen LogP contribution in [0.2, 0.25) is 0 Å². The number of piperazine rings is 1. The maximum absolute atomic E-state index is 9.97. The van der Waals surface area contributed by atoms with Crippen LogP contribution in [-0.2, 0) is 0 Å². The Labute approximate surface area is 68.2 Å². The molecule has 3 heteroatoms. The van der Waals surface area contributed by atoms with Crippen molar-refractivity contribution in [3.8, 4) is 0 Å². The average molecular weight is 158 g/mol. The molecule has 11 heavy (non-hydrogen) atoms. The van der Waals surface area contributed by atoms with Crippen molar-refractivity contribution in [1.29, 1.82) is 0 Å². The molecule has 2 atom stereocenters. The van der Waals surface area contributed by atoms with Crippen LogP contribution in [0.3, 0.4) is 0 Å². The molecule has 1 heterocycles. The normalized spacial score (nSPS) is 39.0. The lowest BCUT2D eigenvalue weighted by molar-refractivity contribution is -0.0486. The maximum atomic E-state index is 9.97. The highest BCUT2D eigenvalue weighted by Crippen LogP contribution is 2.16. The SMILES string of the molecule is CCC1NCCNC1(O)CC. The minimum absolute atomic E-state index is 0.209. The van der Waals surface area contributed by atoms with Crippen LogP contribution in [0.4, 0.5) is 0 Å². The lowest BCUT2D eigenvalue weighted by Crippen LogP contribution is -2.65. The largest absolute Gasteiger partial charge is 0.374 e. The van der Waals surface area contributed by atoms with Gasteiger partial charge in [-0.25, -0.2) is 0 Å². The van der Waals surface area contributed by atoms with E-state index in [0.717, 1.165) is 25.9 Å². The summed E-state index contributed by atoms with van der Waals surface area (Å²) in [6.45, 7) is 5.91. The number of hydrogen-bond acceptors (Lipinski definition) is 3. The fourth-order valence-corrected chi connectivity index (χ4v) is 1.67. The van der Waals surface area contributed by atoms with Crippen molar-refractivity contribution < 1.29 is 5.11 Å². The van der Waals surface area contributed by atoms with Gasteiger partial charge in [0.15, 0.2) is 0 Å². The van der Waals surface area contributed by atoms with E-state index in [2.05, 4.69) is 17.6 Å². The van der Waals surface area contributed by atoms with Crippen molar-refractivity contribution in [3.05, 3.63) is 0 Å². The standard InChI is InChI=1S/C8H18N2O/c1-3-7-8(11,4-2)10-6-5-9-7/h7,9-11H,3-6H2,1-2H3. The van der Waals surface area contributed by atoms with Crippen LogP contribution in [-0.4, -0.2) is 30.0 Å². The molecule has 0 bridgehead atoms. The first kappa shape index (κ1) is 8.97. The second-order valence-electron chi connectivity index (χ2n) is 3.12. The summed E-state index contributed by atoms with van der Waals surface area (Å²) in [5.41, 5.74) is -0.674. The molecule has 0 aromatic carbocycles. The van der Waals surface area contributed by atoms with Gasteiger partial charge in [-0.2, -0.15) is 0 Å². The first-order valence-corrected chi connectivity index (χ1v) is 4.43. The van der Waals surface area contributed by atoms with Crippen molar-refractivity contribution in [2.24, 2.45) is 0 Å². The van der Waals surface area contributed by atoms with Gasteiger partial charge in [0, 0.05) is 19.1 Å². The predicted molar refractivity (Wildman–Crippen MR) is 45.3 cm³/mol. The van der Waals surface area contributed by atoms with E-state index < -0.39 is 5.72 Å². The van der Waals surface area contributed by atoms with Crippen LogP contribution >= 0.6 is 0 Å². The number of hydrogen-bond donors (Lipinski definition) is 3. The summed E-state index contributed by atoms with van der Waals surface area (Å²) in [7, 11) is 0. The Morgan fingerprint density at radius 2 is 2.18 bits per heavy atom. The highest BCUT2D eigenvalue weighted by molar-refractivity contribution is 4.91. The Balaban J connectivity index is 2.57. The van der Waals surface area contributed by atoms with E-state index in [-0.39, 0.29) is 6.04 Å². The molecule has 0 aliphatic carbocycles. The summed E-state index contributed by atoms with van der Waals surface area (Å²) >= 11 is 0. The fraction of sp³-hybridized carbons (Fsp3) is 1.00. The monoisotopic (exact) mass is 158 g/mol. The van der Waals surface area contributed by atoms with Crippen LogP contribution in [0.25, 0.3) is 0 Å². The van der Waals surface area contributed by atoms with E-state index in [0.29, 0.717) is 0 Å². The number of aliphatic hydroxyl groups is 1. The van der Waals surface area contributed by atoms with Crippen molar-refractivity contribution >= 4 is 0 Å². The Morgan fingerprint density at radius 3 is 2.64 bits per heavy atom. The zero-order chi connectivity index (χ0) is 8.32. The minimum Gasteiger partial charge on any atom is -0.374 e. The molecule has 66 valence electrons. The molecule has 1 aliphatic rings. The van der Waals surface area contributed by atoms with Gasteiger partial charge in [0.05, 0.1) is 0 Å². The van der Waals surface area contributed by atoms with Crippen molar-refractivity contribution in [2.45, 2.75) is 38.5 Å². The Kier molecular flexibility index (Phi) is 2.87. The molecule has 0 aromatic rings. The summed E-state index contributed by atoms with van der Waals surface area (Å²) in [5, 5.41) is 16.4. The molecule has 1 saturated heterocycles. The quantitative estimate of drug-likeness (QED) is 0.532. The lowest BCUT2D eigenvalue weighted by Gasteiger charge is -2.40. The van der Waals surface area contributed by atoms with Crippen LogP contribution in [0.5, 0.6) is 0 Å². The van der Waals surface area contributed by atoms with Crippen LogP contribution < -0.4 is 10.6 Å². The zero-order valence-corrected chi connectivity index (χ0v) is 7.35. The first-order valence-electron chi connectivity index (χ1n) is 4.43. The third-order valence-corrected chi connectivity index (χ3v) is 2.47. The Morgan fingerprint density at radius 1 is 1.45 bits per heavy atom. The van der Waals surface area contributed by atoms with E-state index in [4.69, 9.17) is 0 Å². The van der Waals surface area contributed by atoms with Crippen LogP contribution in [0.15, 0.2) is 0 Å². The van der Waals surface area contributed by atoms with E-state index in [1.807, 2.05) is 6.92 Å². The molecule has 1 rings (SSSR count). The molecule has 3 N–H and O–H groups in total. The third kappa shape index (κ3) is 1.72. The second kappa shape index (κ2) is 3.52. The van der Waals surface area contributed by atoms with Crippen LogP contribution in [0.1, 0.15) is 26.7 Å². The molecule has 3 nitrogen and oxygen atoms in total. The van der Waals surface area contributed by atoms with Crippen LogP contribution in [0, 0.1) is 0 Å². The van der Waals surface area contributed by atoms with Gasteiger partial charge in [0.1, 0.15) is 5.72 Å². The highest BCUT2D eigenvalue weighted by atomic mass is 16.3. The average Bonchev–Trinajstić information content (AvgIpc) is 2.05.